The lowest BCUT2D eigenvalue weighted by molar-refractivity contribution is -0.286. The topological polar surface area (TPSA) is 63.6 Å². The molecule has 0 heterocycles. The lowest BCUT2D eigenvalue weighted by Crippen LogP contribution is -2.38. The molecule has 0 aromatic rings. The van der Waals surface area contributed by atoms with Gasteiger partial charge in [-0.15, -0.1) is 4.33 Å². The summed E-state index contributed by atoms with van der Waals surface area (Å²) in [7, 11) is -3.04. The highest BCUT2D eigenvalue weighted by molar-refractivity contribution is 7.67. The minimum absolute atomic E-state index is 2.70. The summed E-state index contributed by atoms with van der Waals surface area (Å²) in [5.74, 6) is -5.19. The molecule has 0 saturated carbocycles. The molecule has 0 aliphatic carbocycles. The maximum atomic E-state index is 11.2. The van der Waals surface area contributed by atoms with Crippen LogP contribution in [0.2, 0.25) is 0 Å². The van der Waals surface area contributed by atoms with E-state index in [-0.39, 0.29) is 0 Å². The van der Waals surface area contributed by atoms with E-state index in [0.717, 1.165) is 0 Å². The fraction of sp³-hybridized carbons (Fsp3) is 1.00. The highest BCUT2D eigenvalue weighted by Crippen LogP contribution is 2.35. The Morgan fingerprint density at radius 2 is 1.43 bits per heavy atom. The first kappa shape index (κ1) is 15.9. The Labute approximate surface area is 75.2 Å². The molecule has 88 valence electrons. The molecule has 4 nitrogen and oxygen atoms in total. The van der Waals surface area contributed by atoms with Crippen molar-refractivity contribution >= 4 is 11.0 Å². The van der Waals surface area contributed by atoms with Crippen molar-refractivity contribution in [2.75, 3.05) is 6.67 Å². The minimum Gasteiger partial charge on any atom is -0.244 e. The van der Waals surface area contributed by atoms with Crippen molar-refractivity contribution in [3.63, 3.8) is 0 Å². The fourth-order valence-electron chi connectivity index (χ4n) is 0.0758. The van der Waals surface area contributed by atoms with Gasteiger partial charge in [0.2, 0.25) is 0 Å². The van der Waals surface area contributed by atoms with Gasteiger partial charge >= 0.3 is 12.1 Å². The first-order valence-electron chi connectivity index (χ1n) is 2.55. The Morgan fingerprint density at radius 1 is 1.14 bits per heavy atom. The fourth-order valence-corrected chi connectivity index (χ4v) is 0.0758. The van der Waals surface area contributed by atoms with Crippen LogP contribution >= 0.6 is 0 Å². The molecule has 0 aromatic carbocycles. The molecule has 0 radical (unpaired) electrons. The van der Waals surface area contributed by atoms with E-state index in [4.69, 9.17) is 13.7 Å². The molecule has 0 aromatic heterocycles. The van der Waals surface area contributed by atoms with Crippen molar-refractivity contribution in [1.82, 2.24) is 0 Å². The molecule has 0 aliphatic rings. The van der Waals surface area contributed by atoms with Gasteiger partial charge in [0.15, 0.2) is 6.67 Å². The van der Waals surface area contributed by atoms with Gasteiger partial charge in [0.25, 0.3) is 11.0 Å². The Kier molecular flexibility index (Phi) is 6.85. The zero-order valence-corrected chi connectivity index (χ0v) is 6.99. The summed E-state index contributed by atoms with van der Waals surface area (Å²) < 4.78 is 86.2. The average Bonchev–Trinajstić information content (AvgIpc) is 2.03. The Hall–Kier alpha value is -0.550. The van der Waals surface area contributed by atoms with E-state index in [1.54, 1.807) is 0 Å². The maximum Gasteiger partial charge on any atom is 0.456 e. The predicted octanol–water partition coefficient (Wildman–Crippen LogP) is 1.16. The first-order chi connectivity index (χ1) is 6.08. The van der Waals surface area contributed by atoms with E-state index in [1.807, 2.05) is 0 Å². The van der Waals surface area contributed by atoms with Gasteiger partial charge in [0.1, 0.15) is 0 Å². The van der Waals surface area contributed by atoms with Crippen molar-refractivity contribution in [2.45, 2.75) is 12.1 Å². The third kappa shape index (κ3) is 6.91. The molecule has 0 rings (SSSR count). The zero-order valence-electron chi connectivity index (χ0n) is 6.09. The second-order valence-electron chi connectivity index (χ2n) is 1.64. The summed E-state index contributed by atoms with van der Waals surface area (Å²) in [5, 5.41) is 7.05. The van der Waals surface area contributed by atoms with Crippen LogP contribution < -0.4 is 0 Å². The van der Waals surface area contributed by atoms with E-state index in [1.165, 1.54) is 0 Å². The number of hydrogen-bond acceptors (Lipinski definition) is 4. The van der Waals surface area contributed by atoms with E-state index in [9.17, 15) is 26.3 Å². The van der Waals surface area contributed by atoms with Gasteiger partial charge in [-0.1, -0.05) is 0 Å². The molecule has 1 N–H and O–H groups in total. The molecule has 0 atom stereocenters. The van der Waals surface area contributed by atoms with Crippen molar-refractivity contribution in [3.05, 3.63) is 0 Å². The van der Waals surface area contributed by atoms with Crippen LogP contribution in [0.1, 0.15) is 0 Å². The molecule has 0 spiro atoms. The van der Waals surface area contributed by atoms with Gasteiger partial charge < -0.3 is 0 Å². The van der Waals surface area contributed by atoms with Gasteiger partial charge in [-0.3, -0.25) is 0 Å². The summed E-state index contributed by atoms with van der Waals surface area (Å²) >= 11 is 0. The largest absolute Gasteiger partial charge is 0.456 e. The van der Waals surface area contributed by atoms with Crippen molar-refractivity contribution in [3.8, 4) is 0 Å². The molecular weight excluding hydrogens is 246 g/mol. The molecule has 0 saturated heterocycles. The van der Waals surface area contributed by atoms with Crippen LogP contribution in [-0.4, -0.2) is 32.4 Å². The zero-order chi connectivity index (χ0) is 12.0. The predicted molar refractivity (Wildman–Crippen MR) is 31.0 cm³/mol. The Morgan fingerprint density at radius 3 is 1.43 bits per heavy atom. The summed E-state index contributed by atoms with van der Waals surface area (Å²) in [6, 6.07) is 0. The van der Waals surface area contributed by atoms with Gasteiger partial charge in [-0.2, -0.15) is 22.0 Å². The van der Waals surface area contributed by atoms with Gasteiger partial charge in [-0.05, 0) is 0 Å². The van der Waals surface area contributed by atoms with Crippen molar-refractivity contribution < 1.29 is 44.4 Å². The van der Waals surface area contributed by atoms with Crippen LogP contribution in [0.3, 0.4) is 0 Å². The highest BCUT2D eigenvalue weighted by Gasteiger charge is 2.57. The molecular formula is C3H4F6O4S. The molecule has 0 amide bonds. The second kappa shape index (κ2) is 6.03. The number of thiol groups is 1. The molecule has 0 fully saturated rings. The smallest absolute Gasteiger partial charge is 0.244 e. The minimum atomic E-state index is -5.76. The molecule has 11 heteroatoms. The highest BCUT2D eigenvalue weighted by atomic mass is 32.2. The quantitative estimate of drug-likeness (QED) is 0.334. The van der Waals surface area contributed by atoms with Crippen LogP contribution in [0.15, 0.2) is 0 Å². The second-order valence-corrected chi connectivity index (χ2v) is 2.25. The lowest BCUT2D eigenvalue weighted by atomic mass is 10.4. The van der Waals surface area contributed by atoms with Crippen LogP contribution in [0.5, 0.6) is 0 Å². The number of alkyl halides is 6. The van der Waals surface area contributed by atoms with E-state index >= 15 is 0 Å². The monoisotopic (exact) mass is 250 g/mol. The van der Waals surface area contributed by atoms with E-state index < -0.39 is 29.8 Å². The number of halogens is 6. The third-order valence-electron chi connectivity index (χ3n) is 0.649. The van der Waals surface area contributed by atoms with E-state index in [0.29, 0.717) is 0 Å². The number of hydrogen-bond donors (Lipinski definition) is 2. The standard InChI is InChI=1S/C3H2F6.H2O4S/c4-1-2(5,6)3(7,8)9;1-4-5(2)3/h1H2;1,5H. The maximum absolute atomic E-state index is 11.2. The lowest BCUT2D eigenvalue weighted by Gasteiger charge is -2.14. The first-order valence-corrected chi connectivity index (χ1v) is 3.64. The van der Waals surface area contributed by atoms with Crippen LogP contribution in [0.4, 0.5) is 26.3 Å². The molecule has 0 unspecified atom stereocenters. The van der Waals surface area contributed by atoms with Crippen molar-refractivity contribution in [1.29, 1.82) is 0 Å². The van der Waals surface area contributed by atoms with Gasteiger partial charge in [0, 0.05) is 0 Å². The summed E-state index contributed by atoms with van der Waals surface area (Å²) in [6.07, 6.45) is -5.76. The third-order valence-corrected chi connectivity index (χ3v) is 0.783. The summed E-state index contributed by atoms with van der Waals surface area (Å²) in [5.41, 5.74) is 0. The Bertz CT molecular complexity index is 214. The Balaban J connectivity index is 0. The van der Waals surface area contributed by atoms with Crippen LogP contribution in [-0.2, 0) is 15.3 Å². The van der Waals surface area contributed by atoms with Crippen molar-refractivity contribution in [2.24, 2.45) is 0 Å². The van der Waals surface area contributed by atoms with Gasteiger partial charge in [0.05, 0.1) is 0 Å². The van der Waals surface area contributed by atoms with Gasteiger partial charge in [-0.25, -0.2) is 18.1 Å². The normalized spacial score (nSPS) is 12.3. The number of rotatable bonds is 2. The molecule has 0 aliphatic heterocycles. The van der Waals surface area contributed by atoms with Crippen LogP contribution in [0, 0.1) is 0 Å². The molecule has 0 bridgehead atoms. The van der Waals surface area contributed by atoms with Crippen LogP contribution in [0.25, 0.3) is 0 Å². The van der Waals surface area contributed by atoms with E-state index in [2.05, 4.69) is 4.33 Å². The summed E-state index contributed by atoms with van der Waals surface area (Å²) in [4.78, 5) is 0. The SMILES string of the molecule is FCC(F)(F)C(F)(F)F.O=[SH](=O)OO. The summed E-state index contributed by atoms with van der Waals surface area (Å²) in [6.45, 7) is -2.70. The molecule has 14 heavy (non-hydrogen) atoms. The average molecular weight is 250 g/mol.